The molecule has 158 valence electrons. The highest BCUT2D eigenvalue weighted by Crippen LogP contribution is 2.47. The number of rotatable bonds is 5. The van der Waals surface area contributed by atoms with E-state index in [1.165, 1.54) is 0 Å². The highest BCUT2D eigenvalue weighted by atomic mass is 28.5. The molecular weight excluding hydrogens is 374 g/mol. The molecular formula is C20H41NO4Si2. The van der Waals surface area contributed by atoms with Gasteiger partial charge >= 0.3 is 17.1 Å². The van der Waals surface area contributed by atoms with Gasteiger partial charge in [-0.15, -0.1) is 0 Å². The molecule has 0 aromatic heterocycles. The van der Waals surface area contributed by atoms with Crippen LogP contribution >= 0.6 is 0 Å². The van der Waals surface area contributed by atoms with E-state index in [1.54, 1.807) is 0 Å². The molecule has 0 saturated carbocycles. The van der Waals surface area contributed by atoms with Crippen LogP contribution in [0, 0.1) is 5.92 Å². The molecule has 7 heteroatoms. The normalized spacial score (nSPS) is 28.0. The quantitative estimate of drug-likeness (QED) is 0.605. The lowest BCUT2D eigenvalue weighted by molar-refractivity contribution is -0.130. The smallest absolute Gasteiger partial charge is 0.335 e. The van der Waals surface area contributed by atoms with Gasteiger partial charge in [-0.3, -0.25) is 4.79 Å². The lowest BCUT2D eigenvalue weighted by atomic mass is 10.1. The van der Waals surface area contributed by atoms with Gasteiger partial charge in [0.15, 0.2) is 0 Å². The third-order valence-corrected chi connectivity index (χ3v) is 16.7. The van der Waals surface area contributed by atoms with Gasteiger partial charge in [-0.2, -0.15) is 0 Å². The first-order valence-electron chi connectivity index (χ1n) is 10.8. The molecule has 0 spiro atoms. The molecule has 2 aliphatic heterocycles. The van der Waals surface area contributed by atoms with Gasteiger partial charge in [-0.05, 0) is 22.2 Å². The molecule has 27 heavy (non-hydrogen) atoms. The molecule has 2 saturated heterocycles. The number of carbonyl (C=O) groups excluding carboxylic acids is 1. The molecule has 2 fully saturated rings. The second-order valence-electron chi connectivity index (χ2n) is 9.54. The van der Waals surface area contributed by atoms with Crippen LogP contribution in [0.15, 0.2) is 0 Å². The largest absolute Gasteiger partial charge is 0.414 e. The van der Waals surface area contributed by atoms with Crippen LogP contribution in [-0.4, -0.2) is 53.7 Å². The summed E-state index contributed by atoms with van der Waals surface area (Å²) in [5.41, 5.74) is 1.38. The lowest BCUT2D eigenvalue weighted by Gasteiger charge is -2.51. The zero-order valence-electron chi connectivity index (χ0n) is 18.9. The summed E-state index contributed by atoms with van der Waals surface area (Å²) in [7, 11) is -5.01. The van der Waals surface area contributed by atoms with Crippen molar-refractivity contribution < 1.29 is 17.8 Å². The maximum Gasteiger partial charge on any atom is 0.335 e. The van der Waals surface area contributed by atoms with E-state index in [9.17, 15) is 4.79 Å². The molecule has 2 heterocycles. The summed E-state index contributed by atoms with van der Waals surface area (Å²) in [4.78, 5) is 14.3. The van der Waals surface area contributed by atoms with E-state index >= 15 is 0 Å². The van der Waals surface area contributed by atoms with Crippen molar-refractivity contribution in [2.24, 2.45) is 5.92 Å². The first kappa shape index (κ1) is 23.1. The van der Waals surface area contributed by atoms with E-state index in [0.717, 1.165) is 6.54 Å². The van der Waals surface area contributed by atoms with Gasteiger partial charge in [0.25, 0.3) is 0 Å². The molecule has 2 rings (SSSR count). The molecule has 0 aromatic rings. The van der Waals surface area contributed by atoms with E-state index in [4.69, 9.17) is 13.0 Å². The Kier molecular flexibility index (Phi) is 7.39. The van der Waals surface area contributed by atoms with Crippen molar-refractivity contribution >= 4 is 23.0 Å². The predicted molar refractivity (Wildman–Crippen MR) is 114 cm³/mol. The fourth-order valence-electron chi connectivity index (χ4n) is 4.75. The van der Waals surface area contributed by atoms with Gasteiger partial charge in [0.2, 0.25) is 5.91 Å². The first-order valence-corrected chi connectivity index (χ1v) is 14.7. The second kappa shape index (κ2) is 8.65. The van der Waals surface area contributed by atoms with Crippen LogP contribution in [0.1, 0.15) is 68.7 Å². The fourth-order valence-corrected chi connectivity index (χ4v) is 16.0. The number of nitrogens with zero attached hydrogens (tertiary/aromatic N) is 1. The number of likely N-dealkylation sites (tertiary alicyclic amines) is 1. The average Bonchev–Trinajstić information content (AvgIpc) is 2.95. The Morgan fingerprint density at radius 1 is 0.926 bits per heavy atom. The highest BCUT2D eigenvalue weighted by molar-refractivity contribution is 6.83. The summed E-state index contributed by atoms with van der Waals surface area (Å²) in [5, 5.41) is 0. The number of hydrogen-bond donors (Lipinski definition) is 0. The summed E-state index contributed by atoms with van der Waals surface area (Å²) in [5.74, 6) is 0.460. The molecule has 0 aliphatic carbocycles. The van der Waals surface area contributed by atoms with Crippen molar-refractivity contribution in [3.63, 3.8) is 0 Å². The van der Waals surface area contributed by atoms with Crippen LogP contribution in [0.2, 0.25) is 22.2 Å². The maximum absolute atomic E-state index is 12.3. The molecule has 0 N–H and O–H groups in total. The summed E-state index contributed by atoms with van der Waals surface area (Å²) < 4.78 is 20.9. The van der Waals surface area contributed by atoms with Crippen LogP contribution in [-0.2, 0) is 17.8 Å². The Hall–Kier alpha value is -0.216. The van der Waals surface area contributed by atoms with Crippen molar-refractivity contribution in [3.8, 4) is 0 Å². The van der Waals surface area contributed by atoms with E-state index < -0.39 is 17.1 Å². The van der Waals surface area contributed by atoms with Gasteiger partial charge in [-0.25, -0.2) is 0 Å². The third kappa shape index (κ3) is 4.22. The molecule has 1 amide bonds. The topological polar surface area (TPSA) is 48.0 Å². The molecule has 0 aromatic carbocycles. The first-order chi connectivity index (χ1) is 12.5. The molecule has 2 aliphatic rings. The number of carbonyl (C=O) groups is 1. The van der Waals surface area contributed by atoms with Crippen LogP contribution in [0.4, 0.5) is 0 Å². The predicted octanol–water partition coefficient (Wildman–Crippen LogP) is 4.81. The Balaban J connectivity index is 2.47. The van der Waals surface area contributed by atoms with Crippen LogP contribution in [0.3, 0.4) is 0 Å². The fraction of sp³-hybridized carbons (Fsp3) is 0.950. The van der Waals surface area contributed by atoms with Crippen molar-refractivity contribution in [1.82, 2.24) is 4.90 Å². The minimum absolute atomic E-state index is 0.0308. The van der Waals surface area contributed by atoms with Crippen molar-refractivity contribution in [2.75, 3.05) is 19.7 Å². The van der Waals surface area contributed by atoms with Crippen molar-refractivity contribution in [1.29, 1.82) is 0 Å². The van der Waals surface area contributed by atoms with Gasteiger partial charge in [0.05, 0.1) is 6.10 Å². The Labute approximate surface area is 168 Å². The average molecular weight is 416 g/mol. The molecule has 2 atom stereocenters. The van der Waals surface area contributed by atoms with Crippen molar-refractivity contribution in [2.45, 2.75) is 97.0 Å². The molecule has 5 nitrogen and oxygen atoms in total. The van der Waals surface area contributed by atoms with Gasteiger partial charge in [-0.1, -0.05) is 62.3 Å². The highest BCUT2D eigenvalue weighted by Gasteiger charge is 2.59. The van der Waals surface area contributed by atoms with Crippen LogP contribution in [0.25, 0.3) is 0 Å². The Morgan fingerprint density at radius 3 is 1.89 bits per heavy atom. The summed E-state index contributed by atoms with van der Waals surface area (Å²) in [6, 6.07) is 0. The summed E-state index contributed by atoms with van der Waals surface area (Å²) >= 11 is 0. The second-order valence-corrected chi connectivity index (χ2v) is 18.4. The standard InChI is InChI=1S/C20H41NO4Si2/c1-10-20(22)21-11-18-13-23-26(14(2)3,15(4)5)25-27(16(6)7,17(8)9)24-19(18)12-21/h14-19H,10-13H2,1-9H3/t18-,19+/m0/s1. The Morgan fingerprint density at radius 2 is 1.44 bits per heavy atom. The van der Waals surface area contributed by atoms with Gasteiger partial charge < -0.3 is 17.9 Å². The molecule has 0 bridgehead atoms. The summed E-state index contributed by atoms with van der Waals surface area (Å²) in [6.07, 6.45) is 0.577. The minimum atomic E-state index is -2.54. The van der Waals surface area contributed by atoms with Crippen LogP contribution in [0.5, 0.6) is 0 Å². The van der Waals surface area contributed by atoms with Gasteiger partial charge in [0.1, 0.15) is 0 Å². The number of fused-ring (bicyclic) bond motifs is 1. The zero-order valence-corrected chi connectivity index (χ0v) is 20.9. The molecule has 0 unspecified atom stereocenters. The number of hydrogen-bond acceptors (Lipinski definition) is 4. The maximum atomic E-state index is 12.3. The van der Waals surface area contributed by atoms with Crippen LogP contribution < -0.4 is 0 Å². The SMILES string of the molecule is CCC(=O)N1C[C@H]2CO[Si](C(C)C)(C(C)C)O[Si](C(C)C)(C(C)C)O[C@@H]2C1. The monoisotopic (exact) mass is 415 g/mol. The van der Waals surface area contributed by atoms with E-state index in [1.807, 2.05) is 11.8 Å². The van der Waals surface area contributed by atoms with E-state index in [2.05, 4.69) is 55.4 Å². The van der Waals surface area contributed by atoms with Gasteiger partial charge in [0, 0.05) is 32.0 Å². The van der Waals surface area contributed by atoms with E-state index in [0.29, 0.717) is 41.7 Å². The molecule has 0 radical (unpaired) electrons. The summed E-state index contributed by atoms with van der Waals surface area (Å²) in [6.45, 7) is 21.9. The third-order valence-electron chi connectivity index (χ3n) is 6.43. The number of amides is 1. The minimum Gasteiger partial charge on any atom is -0.414 e. The lowest BCUT2D eigenvalue weighted by Crippen LogP contribution is -2.64. The van der Waals surface area contributed by atoms with E-state index in [-0.39, 0.29) is 17.9 Å². The van der Waals surface area contributed by atoms with Crippen molar-refractivity contribution in [3.05, 3.63) is 0 Å². The Bertz CT molecular complexity index is 508. The zero-order chi connectivity index (χ0) is 20.6.